The van der Waals surface area contributed by atoms with Gasteiger partial charge in [0.15, 0.2) is 6.23 Å². The summed E-state index contributed by atoms with van der Waals surface area (Å²) < 4.78 is 59.6. The molecule has 0 aliphatic carbocycles. The number of hydrogen-bond acceptors (Lipinski definition) is 6. The third-order valence-corrected chi connectivity index (χ3v) is 5.63. The van der Waals surface area contributed by atoms with Crippen molar-refractivity contribution in [2.24, 2.45) is 0 Å². The topological polar surface area (TPSA) is 92.5 Å². The average molecular weight is 501 g/mol. The lowest BCUT2D eigenvalue weighted by Gasteiger charge is -2.36. The number of rotatable bonds is 6. The Labute approximate surface area is 201 Å². The SMILES string of the molecule is O=C(Nc1ccc(N2CC(O)C2)nc1)c1cc2cc(F)cnc2n1C(OC(F)(F)F)c1ccccc1. The molecule has 12 heteroatoms. The minimum Gasteiger partial charge on any atom is -0.389 e. The number of aromatic nitrogens is 3. The van der Waals surface area contributed by atoms with E-state index < -0.39 is 30.4 Å². The zero-order valence-corrected chi connectivity index (χ0v) is 18.5. The van der Waals surface area contributed by atoms with Gasteiger partial charge in [-0.3, -0.25) is 14.1 Å². The van der Waals surface area contributed by atoms with Crippen molar-refractivity contribution < 1.29 is 32.2 Å². The number of β-amino-alcohol motifs (C(OH)–C–C–N with tert-alkyl or cyclic N) is 1. The summed E-state index contributed by atoms with van der Waals surface area (Å²) in [5.74, 6) is -0.876. The Balaban J connectivity index is 1.53. The molecule has 36 heavy (non-hydrogen) atoms. The van der Waals surface area contributed by atoms with Crippen molar-refractivity contribution in [3.63, 3.8) is 0 Å². The van der Waals surface area contributed by atoms with Crippen molar-refractivity contribution in [2.45, 2.75) is 18.7 Å². The van der Waals surface area contributed by atoms with E-state index in [0.29, 0.717) is 18.9 Å². The van der Waals surface area contributed by atoms with Crippen molar-refractivity contribution in [3.8, 4) is 0 Å². The molecule has 2 N–H and O–H groups in total. The van der Waals surface area contributed by atoms with Crippen molar-refractivity contribution in [2.75, 3.05) is 23.3 Å². The van der Waals surface area contributed by atoms with E-state index in [0.717, 1.165) is 16.8 Å². The maximum atomic E-state index is 13.9. The fourth-order valence-electron chi connectivity index (χ4n) is 4.00. The van der Waals surface area contributed by atoms with Crippen LogP contribution in [0.25, 0.3) is 11.0 Å². The molecule has 0 bridgehead atoms. The third-order valence-electron chi connectivity index (χ3n) is 5.63. The fraction of sp³-hybridized carbons (Fsp3) is 0.208. The lowest BCUT2D eigenvalue weighted by atomic mass is 10.2. The van der Waals surface area contributed by atoms with E-state index in [1.165, 1.54) is 36.5 Å². The number of halogens is 4. The molecule has 5 rings (SSSR count). The van der Waals surface area contributed by atoms with Gasteiger partial charge in [0.2, 0.25) is 0 Å². The van der Waals surface area contributed by atoms with E-state index in [1.54, 1.807) is 18.2 Å². The number of aliphatic hydroxyl groups excluding tert-OH is 1. The summed E-state index contributed by atoms with van der Waals surface area (Å²) in [6, 6.07) is 13.1. The molecular formula is C24H19F4N5O3. The highest BCUT2D eigenvalue weighted by molar-refractivity contribution is 6.06. The number of fused-ring (bicyclic) bond motifs is 1. The molecule has 1 saturated heterocycles. The van der Waals surface area contributed by atoms with Crippen LogP contribution in [0.2, 0.25) is 0 Å². The van der Waals surface area contributed by atoms with Crippen molar-refractivity contribution in [3.05, 3.63) is 84.1 Å². The number of carbonyl (C=O) groups excluding carboxylic acids is 1. The molecule has 1 atom stereocenters. The van der Waals surface area contributed by atoms with Gasteiger partial charge < -0.3 is 15.3 Å². The van der Waals surface area contributed by atoms with Crippen LogP contribution in [0, 0.1) is 5.82 Å². The standard InChI is InChI=1S/C24H19F4N5O3/c25-16-8-15-9-19(22(35)31-17-6-7-20(29-11-17)32-12-18(34)13-32)33(21(15)30-10-16)23(36-24(26,27)28)14-4-2-1-3-5-14/h1-11,18,23,34H,12-13H2,(H,31,35). The number of anilines is 2. The smallest absolute Gasteiger partial charge is 0.389 e. The summed E-state index contributed by atoms with van der Waals surface area (Å²) in [5.41, 5.74) is 0.102. The minimum atomic E-state index is -5.05. The lowest BCUT2D eigenvalue weighted by molar-refractivity contribution is -0.348. The number of benzene rings is 1. The van der Waals surface area contributed by atoms with Gasteiger partial charge in [-0.05, 0) is 24.3 Å². The van der Waals surface area contributed by atoms with Crippen molar-refractivity contribution in [1.29, 1.82) is 0 Å². The maximum absolute atomic E-state index is 13.9. The fourth-order valence-corrected chi connectivity index (χ4v) is 4.00. The first kappa shape index (κ1) is 23.7. The molecule has 4 heterocycles. The van der Waals surface area contributed by atoms with Crippen LogP contribution in [-0.2, 0) is 4.74 Å². The van der Waals surface area contributed by atoms with Crippen molar-refractivity contribution in [1.82, 2.24) is 14.5 Å². The molecule has 1 aliphatic heterocycles. The summed E-state index contributed by atoms with van der Waals surface area (Å²) in [6.45, 7) is 0.894. The first-order valence-corrected chi connectivity index (χ1v) is 10.8. The molecule has 0 radical (unpaired) electrons. The van der Waals surface area contributed by atoms with Gasteiger partial charge >= 0.3 is 6.36 Å². The van der Waals surface area contributed by atoms with E-state index in [2.05, 4.69) is 20.0 Å². The summed E-state index contributed by atoms with van der Waals surface area (Å²) in [7, 11) is 0. The van der Waals surface area contributed by atoms with Gasteiger partial charge in [-0.1, -0.05) is 30.3 Å². The second kappa shape index (κ2) is 9.21. The zero-order chi connectivity index (χ0) is 25.4. The van der Waals surface area contributed by atoms with Gasteiger partial charge in [-0.25, -0.2) is 14.4 Å². The number of carbonyl (C=O) groups is 1. The molecule has 3 aromatic heterocycles. The normalized spacial score (nSPS) is 15.1. The Morgan fingerprint density at radius 1 is 1.08 bits per heavy atom. The Morgan fingerprint density at radius 3 is 2.47 bits per heavy atom. The van der Waals surface area contributed by atoms with Gasteiger partial charge in [-0.2, -0.15) is 0 Å². The molecule has 1 aromatic carbocycles. The summed E-state index contributed by atoms with van der Waals surface area (Å²) >= 11 is 0. The summed E-state index contributed by atoms with van der Waals surface area (Å²) in [6.07, 6.45) is -5.02. The average Bonchev–Trinajstić information content (AvgIpc) is 3.19. The first-order chi connectivity index (χ1) is 17.2. The zero-order valence-electron chi connectivity index (χ0n) is 18.5. The van der Waals surface area contributed by atoms with E-state index in [9.17, 15) is 27.5 Å². The van der Waals surface area contributed by atoms with Crippen LogP contribution in [0.3, 0.4) is 0 Å². The molecule has 1 unspecified atom stereocenters. The number of pyridine rings is 2. The molecule has 0 saturated carbocycles. The molecule has 1 fully saturated rings. The second-order valence-electron chi connectivity index (χ2n) is 8.21. The summed E-state index contributed by atoms with van der Waals surface area (Å²) in [4.78, 5) is 23.3. The summed E-state index contributed by atoms with van der Waals surface area (Å²) in [5, 5.41) is 12.2. The van der Waals surface area contributed by atoms with Gasteiger partial charge in [-0.15, -0.1) is 13.2 Å². The predicted octanol–water partition coefficient (Wildman–Crippen LogP) is 4.09. The molecular weight excluding hydrogens is 482 g/mol. The molecule has 1 aliphatic rings. The van der Waals surface area contributed by atoms with Crippen LogP contribution in [0.15, 0.2) is 67.0 Å². The highest BCUT2D eigenvalue weighted by Gasteiger charge is 2.37. The number of amides is 1. The number of hydrogen-bond donors (Lipinski definition) is 2. The Morgan fingerprint density at radius 2 is 1.83 bits per heavy atom. The van der Waals surface area contributed by atoms with Gasteiger partial charge in [0.25, 0.3) is 5.91 Å². The molecule has 186 valence electrons. The van der Waals surface area contributed by atoms with Crippen LogP contribution in [0.4, 0.5) is 29.1 Å². The van der Waals surface area contributed by atoms with Gasteiger partial charge in [0.1, 0.15) is 23.0 Å². The Hall–Kier alpha value is -4.03. The molecule has 0 spiro atoms. The number of aliphatic hydroxyl groups is 1. The van der Waals surface area contributed by atoms with E-state index in [4.69, 9.17) is 0 Å². The molecule has 1 amide bonds. The van der Waals surface area contributed by atoms with Crippen LogP contribution in [-0.4, -0.2) is 51.1 Å². The first-order valence-electron chi connectivity index (χ1n) is 10.8. The van der Waals surface area contributed by atoms with Crippen LogP contribution in [0.5, 0.6) is 0 Å². The van der Waals surface area contributed by atoms with Crippen LogP contribution >= 0.6 is 0 Å². The number of alkyl halides is 3. The number of nitrogens with zero attached hydrogens (tertiary/aromatic N) is 4. The van der Waals surface area contributed by atoms with Gasteiger partial charge in [0.05, 0.1) is 24.2 Å². The van der Waals surface area contributed by atoms with Crippen LogP contribution < -0.4 is 10.2 Å². The highest BCUT2D eigenvalue weighted by Crippen LogP contribution is 2.34. The van der Waals surface area contributed by atoms with Crippen LogP contribution in [0.1, 0.15) is 22.3 Å². The monoisotopic (exact) mass is 501 g/mol. The second-order valence-corrected chi connectivity index (χ2v) is 8.21. The Kier molecular flexibility index (Phi) is 6.06. The number of nitrogens with one attached hydrogen (secondary N) is 1. The minimum absolute atomic E-state index is 0.0653. The number of ether oxygens (including phenoxy) is 1. The van der Waals surface area contributed by atoms with Gasteiger partial charge in [0, 0.05) is 24.0 Å². The quantitative estimate of drug-likeness (QED) is 0.387. The predicted molar refractivity (Wildman–Crippen MR) is 122 cm³/mol. The lowest BCUT2D eigenvalue weighted by Crippen LogP contribution is -2.51. The van der Waals surface area contributed by atoms with Crippen molar-refractivity contribution >= 4 is 28.4 Å². The third kappa shape index (κ3) is 4.86. The van der Waals surface area contributed by atoms with E-state index in [1.807, 2.05) is 4.90 Å². The maximum Gasteiger partial charge on any atom is 0.524 e. The molecule has 8 nitrogen and oxygen atoms in total. The molecule has 4 aromatic rings. The van der Waals surface area contributed by atoms with E-state index >= 15 is 0 Å². The highest BCUT2D eigenvalue weighted by atomic mass is 19.4. The Bertz CT molecular complexity index is 1390. The largest absolute Gasteiger partial charge is 0.524 e. The van der Waals surface area contributed by atoms with E-state index in [-0.39, 0.29) is 28.0 Å².